The molecule has 2 atom stereocenters. The Labute approximate surface area is 100 Å². The van der Waals surface area contributed by atoms with E-state index in [2.05, 4.69) is 41.5 Å². The number of rotatable bonds is 4. The standard InChI is InChI=1S/C13H16N2S/c1-10(11-6-4-3-5-7-11)12(14-2)13-15-8-9-16-13/h3-10,12,14H,1-2H3. The van der Waals surface area contributed by atoms with Crippen molar-refractivity contribution < 1.29 is 0 Å². The largest absolute Gasteiger partial charge is 0.311 e. The minimum atomic E-state index is 0.294. The quantitative estimate of drug-likeness (QED) is 0.875. The monoisotopic (exact) mass is 232 g/mol. The van der Waals surface area contributed by atoms with Crippen molar-refractivity contribution >= 4 is 11.3 Å². The fraction of sp³-hybridized carbons (Fsp3) is 0.308. The first-order valence-corrected chi connectivity index (χ1v) is 6.32. The third kappa shape index (κ3) is 2.31. The van der Waals surface area contributed by atoms with Gasteiger partial charge in [0.15, 0.2) is 0 Å². The van der Waals surface area contributed by atoms with Crippen LogP contribution in [0.15, 0.2) is 41.9 Å². The molecule has 1 aromatic heterocycles. The summed E-state index contributed by atoms with van der Waals surface area (Å²) in [6.45, 7) is 2.23. The molecule has 0 bridgehead atoms. The van der Waals surface area contributed by atoms with E-state index in [1.165, 1.54) is 5.56 Å². The molecule has 0 amide bonds. The number of benzene rings is 1. The van der Waals surface area contributed by atoms with Crippen molar-refractivity contribution in [2.24, 2.45) is 0 Å². The molecule has 0 saturated heterocycles. The fourth-order valence-corrected chi connectivity index (χ4v) is 2.78. The number of nitrogens with zero attached hydrogens (tertiary/aromatic N) is 1. The molecule has 1 aromatic carbocycles. The Morgan fingerprint density at radius 3 is 2.56 bits per heavy atom. The summed E-state index contributed by atoms with van der Waals surface area (Å²) < 4.78 is 0. The van der Waals surface area contributed by atoms with Crippen LogP contribution in [0, 0.1) is 0 Å². The first-order chi connectivity index (χ1) is 7.83. The van der Waals surface area contributed by atoms with Crippen LogP contribution in [0.4, 0.5) is 0 Å². The second-order valence-electron chi connectivity index (χ2n) is 3.84. The zero-order valence-corrected chi connectivity index (χ0v) is 10.4. The van der Waals surface area contributed by atoms with Crippen LogP contribution >= 0.6 is 11.3 Å². The van der Waals surface area contributed by atoms with E-state index in [-0.39, 0.29) is 0 Å². The highest BCUT2D eigenvalue weighted by molar-refractivity contribution is 7.09. The average Bonchev–Trinajstić information content (AvgIpc) is 2.85. The van der Waals surface area contributed by atoms with Crippen LogP contribution in [0.5, 0.6) is 0 Å². The summed E-state index contributed by atoms with van der Waals surface area (Å²) in [7, 11) is 1.99. The lowest BCUT2D eigenvalue weighted by atomic mass is 9.94. The predicted octanol–water partition coefficient (Wildman–Crippen LogP) is 3.21. The molecule has 2 nitrogen and oxygen atoms in total. The van der Waals surface area contributed by atoms with E-state index < -0.39 is 0 Å². The third-order valence-corrected chi connectivity index (χ3v) is 3.71. The minimum Gasteiger partial charge on any atom is -0.311 e. The normalized spacial score (nSPS) is 14.6. The maximum absolute atomic E-state index is 4.39. The molecule has 0 saturated carbocycles. The molecule has 2 aromatic rings. The van der Waals surface area contributed by atoms with Crippen molar-refractivity contribution in [3.05, 3.63) is 52.5 Å². The highest BCUT2D eigenvalue weighted by atomic mass is 32.1. The van der Waals surface area contributed by atoms with E-state index in [9.17, 15) is 0 Å². The van der Waals surface area contributed by atoms with Crippen LogP contribution in [0.3, 0.4) is 0 Å². The molecule has 16 heavy (non-hydrogen) atoms. The maximum atomic E-state index is 4.39. The van der Waals surface area contributed by atoms with Gasteiger partial charge in [-0.15, -0.1) is 11.3 Å². The van der Waals surface area contributed by atoms with Crippen LogP contribution < -0.4 is 5.32 Å². The third-order valence-electron chi connectivity index (χ3n) is 2.85. The SMILES string of the molecule is CNC(c1nccs1)C(C)c1ccccc1. The molecule has 0 aliphatic carbocycles. The summed E-state index contributed by atoms with van der Waals surface area (Å²) in [4.78, 5) is 4.39. The van der Waals surface area contributed by atoms with Crippen LogP contribution in [0.2, 0.25) is 0 Å². The highest BCUT2D eigenvalue weighted by Gasteiger charge is 2.20. The van der Waals surface area contributed by atoms with Gasteiger partial charge >= 0.3 is 0 Å². The lowest BCUT2D eigenvalue weighted by molar-refractivity contribution is 0.505. The molecular formula is C13H16N2S. The summed E-state index contributed by atoms with van der Waals surface area (Å²) >= 11 is 1.70. The maximum Gasteiger partial charge on any atom is 0.110 e. The first kappa shape index (κ1) is 11.3. The summed E-state index contributed by atoms with van der Waals surface area (Å²) in [5.74, 6) is 0.428. The van der Waals surface area contributed by atoms with Gasteiger partial charge < -0.3 is 5.32 Å². The number of thiazole rings is 1. The van der Waals surface area contributed by atoms with Gasteiger partial charge in [0.1, 0.15) is 5.01 Å². The zero-order chi connectivity index (χ0) is 11.4. The number of hydrogen-bond acceptors (Lipinski definition) is 3. The second-order valence-corrected chi connectivity index (χ2v) is 4.76. The van der Waals surface area contributed by atoms with Crippen LogP contribution in [-0.2, 0) is 0 Å². The van der Waals surface area contributed by atoms with Crippen LogP contribution in [0.25, 0.3) is 0 Å². The lowest BCUT2D eigenvalue weighted by Crippen LogP contribution is -2.22. The fourth-order valence-electron chi connectivity index (χ4n) is 1.92. The van der Waals surface area contributed by atoms with Gasteiger partial charge in [0, 0.05) is 17.5 Å². The number of hydrogen-bond donors (Lipinski definition) is 1. The number of aromatic nitrogens is 1. The molecule has 3 heteroatoms. The summed E-state index contributed by atoms with van der Waals surface area (Å²) in [5, 5.41) is 6.53. The lowest BCUT2D eigenvalue weighted by Gasteiger charge is -2.21. The number of likely N-dealkylation sites (N-methyl/N-ethyl adjacent to an activating group) is 1. The first-order valence-electron chi connectivity index (χ1n) is 5.44. The Morgan fingerprint density at radius 2 is 2.00 bits per heavy atom. The highest BCUT2D eigenvalue weighted by Crippen LogP contribution is 2.30. The molecule has 1 N–H and O–H groups in total. The Morgan fingerprint density at radius 1 is 1.25 bits per heavy atom. The van der Waals surface area contributed by atoms with E-state index in [4.69, 9.17) is 0 Å². The van der Waals surface area contributed by atoms with E-state index in [0.29, 0.717) is 12.0 Å². The Bertz CT molecular complexity index is 411. The summed E-state index contributed by atoms with van der Waals surface area (Å²) in [5.41, 5.74) is 1.34. The molecule has 0 fully saturated rings. The van der Waals surface area contributed by atoms with Gasteiger partial charge in [-0.1, -0.05) is 37.3 Å². The summed E-state index contributed by atoms with van der Waals surface area (Å²) in [6, 6.07) is 10.8. The Hall–Kier alpha value is -1.19. The molecule has 0 spiro atoms. The van der Waals surface area contributed by atoms with Crippen molar-refractivity contribution in [1.29, 1.82) is 0 Å². The topological polar surface area (TPSA) is 24.9 Å². The van der Waals surface area contributed by atoms with Gasteiger partial charge in [-0.2, -0.15) is 0 Å². The molecule has 2 rings (SSSR count). The molecular weight excluding hydrogens is 216 g/mol. The minimum absolute atomic E-state index is 0.294. The molecule has 0 aliphatic heterocycles. The van der Waals surface area contributed by atoms with Crippen molar-refractivity contribution in [3.63, 3.8) is 0 Å². The van der Waals surface area contributed by atoms with Gasteiger partial charge in [-0.25, -0.2) is 4.98 Å². The van der Waals surface area contributed by atoms with E-state index in [1.54, 1.807) is 11.3 Å². The smallest absolute Gasteiger partial charge is 0.110 e. The summed E-state index contributed by atoms with van der Waals surface area (Å²) in [6.07, 6.45) is 1.86. The number of nitrogens with one attached hydrogen (secondary N) is 1. The molecule has 0 radical (unpaired) electrons. The Balaban J connectivity index is 2.23. The molecule has 2 unspecified atom stereocenters. The zero-order valence-electron chi connectivity index (χ0n) is 9.55. The van der Waals surface area contributed by atoms with Gasteiger partial charge in [0.25, 0.3) is 0 Å². The second kappa shape index (κ2) is 5.23. The van der Waals surface area contributed by atoms with Crippen LogP contribution in [-0.4, -0.2) is 12.0 Å². The van der Waals surface area contributed by atoms with Crippen molar-refractivity contribution in [3.8, 4) is 0 Å². The predicted molar refractivity (Wildman–Crippen MR) is 68.8 cm³/mol. The van der Waals surface area contributed by atoms with Gasteiger partial charge in [0.05, 0.1) is 6.04 Å². The molecule has 1 heterocycles. The van der Waals surface area contributed by atoms with Crippen molar-refractivity contribution in [1.82, 2.24) is 10.3 Å². The van der Waals surface area contributed by atoms with Crippen LogP contribution in [0.1, 0.15) is 29.5 Å². The Kier molecular flexibility index (Phi) is 3.70. The van der Waals surface area contributed by atoms with Crippen molar-refractivity contribution in [2.45, 2.75) is 18.9 Å². The van der Waals surface area contributed by atoms with E-state index in [0.717, 1.165) is 5.01 Å². The molecule has 84 valence electrons. The van der Waals surface area contributed by atoms with E-state index in [1.807, 2.05) is 24.7 Å². The molecule has 0 aliphatic rings. The van der Waals surface area contributed by atoms with Gasteiger partial charge in [0.2, 0.25) is 0 Å². The van der Waals surface area contributed by atoms with E-state index >= 15 is 0 Å². The van der Waals surface area contributed by atoms with Crippen molar-refractivity contribution in [2.75, 3.05) is 7.05 Å². The van der Waals surface area contributed by atoms with Gasteiger partial charge in [-0.05, 0) is 12.6 Å². The average molecular weight is 232 g/mol. The van der Waals surface area contributed by atoms with Gasteiger partial charge in [-0.3, -0.25) is 0 Å².